The summed E-state index contributed by atoms with van der Waals surface area (Å²) in [5, 5.41) is 0. The van der Waals surface area contributed by atoms with Crippen LogP contribution in [0.2, 0.25) is 0 Å². The van der Waals surface area contributed by atoms with Gasteiger partial charge in [-0.2, -0.15) is 13.2 Å². The van der Waals surface area contributed by atoms with Gasteiger partial charge >= 0.3 is 6.18 Å². The fourth-order valence-electron chi connectivity index (χ4n) is 3.31. The second-order valence-corrected chi connectivity index (χ2v) is 9.63. The number of hydrogen-bond donors (Lipinski definition) is 1. The van der Waals surface area contributed by atoms with E-state index in [0.29, 0.717) is 22.5 Å². The van der Waals surface area contributed by atoms with Crippen LogP contribution in [0.5, 0.6) is 5.75 Å². The number of H-pyrrole nitrogens is 1. The predicted octanol–water partition coefficient (Wildman–Crippen LogP) is 5.08. The van der Waals surface area contributed by atoms with Gasteiger partial charge in [-0.05, 0) is 48.0 Å². The second-order valence-electron chi connectivity index (χ2n) is 7.51. The molecule has 0 aliphatic rings. The van der Waals surface area contributed by atoms with E-state index in [-0.39, 0.29) is 17.3 Å². The monoisotopic (exact) mass is 475 g/mol. The maximum Gasteiger partial charge on any atom is 0.416 e. The second kappa shape index (κ2) is 8.53. The van der Waals surface area contributed by atoms with E-state index in [1.54, 1.807) is 42.5 Å². The third-order valence-electron chi connectivity index (χ3n) is 5.05. The highest BCUT2D eigenvalue weighted by Crippen LogP contribution is 2.32. The van der Waals surface area contributed by atoms with Crippen molar-refractivity contribution in [2.24, 2.45) is 0 Å². The van der Waals surface area contributed by atoms with E-state index in [2.05, 4.69) is 9.97 Å². The molecule has 0 amide bonds. The Hall–Kier alpha value is -3.37. The van der Waals surface area contributed by atoms with Crippen LogP contribution in [0.4, 0.5) is 13.2 Å². The molecule has 0 saturated carbocycles. The zero-order valence-corrected chi connectivity index (χ0v) is 18.5. The molecule has 1 N–H and O–H groups in total. The first-order chi connectivity index (χ1) is 15.6. The van der Waals surface area contributed by atoms with Crippen molar-refractivity contribution < 1.29 is 26.3 Å². The minimum Gasteiger partial charge on any atom is -0.486 e. The summed E-state index contributed by atoms with van der Waals surface area (Å²) in [6, 6.07) is 16.5. The molecule has 0 unspecified atom stereocenters. The Labute approximate surface area is 188 Å². The van der Waals surface area contributed by atoms with Crippen LogP contribution in [0.3, 0.4) is 0 Å². The minimum atomic E-state index is -4.40. The van der Waals surface area contributed by atoms with E-state index < -0.39 is 21.8 Å². The first-order valence-electron chi connectivity index (χ1n) is 9.86. The number of aromatic nitrogens is 2. The van der Waals surface area contributed by atoms with Crippen molar-refractivity contribution in [3.63, 3.8) is 0 Å². The number of halogens is 3. The molecule has 0 fully saturated rings. The first-order valence-corrected chi connectivity index (χ1v) is 11.3. The molecular formula is C23H20F3N3O3S. The topological polar surface area (TPSA) is 75.3 Å². The van der Waals surface area contributed by atoms with Crippen LogP contribution in [0.15, 0.2) is 71.6 Å². The van der Waals surface area contributed by atoms with Crippen LogP contribution in [0.25, 0.3) is 22.2 Å². The number of aromatic amines is 1. The fraction of sp³-hybridized carbons (Fsp3) is 0.174. The van der Waals surface area contributed by atoms with Crippen LogP contribution in [0, 0.1) is 0 Å². The van der Waals surface area contributed by atoms with Gasteiger partial charge < -0.3 is 9.72 Å². The lowest BCUT2D eigenvalue weighted by Gasteiger charge is -2.15. The zero-order chi connectivity index (χ0) is 23.8. The highest BCUT2D eigenvalue weighted by molar-refractivity contribution is 7.89. The molecule has 1 heterocycles. The lowest BCUT2D eigenvalue weighted by Crippen LogP contribution is -2.22. The molecule has 0 spiro atoms. The van der Waals surface area contributed by atoms with Gasteiger partial charge in [0.2, 0.25) is 10.0 Å². The Morgan fingerprint density at radius 2 is 1.70 bits per heavy atom. The molecule has 33 heavy (non-hydrogen) atoms. The molecule has 0 radical (unpaired) electrons. The Morgan fingerprint density at radius 3 is 2.36 bits per heavy atom. The fourth-order valence-corrected chi connectivity index (χ4v) is 4.42. The van der Waals surface area contributed by atoms with E-state index >= 15 is 0 Å². The average molecular weight is 475 g/mol. The van der Waals surface area contributed by atoms with Gasteiger partial charge in [0, 0.05) is 19.7 Å². The molecule has 10 heteroatoms. The first kappa shape index (κ1) is 22.8. The summed E-state index contributed by atoms with van der Waals surface area (Å²) in [7, 11) is -0.684. The van der Waals surface area contributed by atoms with Crippen molar-refractivity contribution in [2.75, 3.05) is 14.1 Å². The van der Waals surface area contributed by atoms with Crippen LogP contribution in [-0.2, 0) is 22.8 Å². The summed E-state index contributed by atoms with van der Waals surface area (Å²) in [6.07, 6.45) is -4.40. The van der Waals surface area contributed by atoms with Gasteiger partial charge in [-0.3, -0.25) is 0 Å². The molecule has 4 rings (SSSR count). The lowest BCUT2D eigenvalue weighted by molar-refractivity contribution is -0.137. The number of nitrogens with one attached hydrogen (secondary N) is 1. The summed E-state index contributed by atoms with van der Waals surface area (Å²) in [5.74, 6) is 0.767. The molecule has 0 atom stereocenters. The van der Waals surface area contributed by atoms with Gasteiger partial charge in [-0.25, -0.2) is 17.7 Å². The number of imidazole rings is 1. The van der Waals surface area contributed by atoms with Crippen LogP contribution in [-0.4, -0.2) is 36.8 Å². The molecule has 6 nitrogen and oxygen atoms in total. The number of ether oxygens (including phenoxy) is 1. The van der Waals surface area contributed by atoms with E-state index in [1.807, 2.05) is 0 Å². The molecule has 172 valence electrons. The van der Waals surface area contributed by atoms with E-state index in [1.165, 1.54) is 26.2 Å². The van der Waals surface area contributed by atoms with Gasteiger partial charge in [0.1, 0.15) is 18.2 Å². The standard InChI is InChI=1S/C23H20F3N3O3S/c1-29(2)33(30,31)21-6-4-3-5-18(21)15-7-12-19-20(13-15)28-22(27-19)14-32-17-10-8-16(9-11-17)23(24,25)26/h3-13H,14H2,1-2H3,(H,27,28). The lowest BCUT2D eigenvalue weighted by atomic mass is 10.1. The van der Waals surface area contributed by atoms with Crippen molar-refractivity contribution in [1.29, 1.82) is 0 Å². The van der Waals surface area contributed by atoms with Crippen LogP contribution >= 0.6 is 0 Å². The van der Waals surface area contributed by atoms with Crippen molar-refractivity contribution in [1.82, 2.24) is 14.3 Å². The molecule has 0 aliphatic heterocycles. The number of nitrogens with zero attached hydrogens (tertiary/aromatic N) is 2. The minimum absolute atomic E-state index is 0.0287. The highest BCUT2D eigenvalue weighted by atomic mass is 32.2. The molecular weight excluding hydrogens is 455 g/mol. The smallest absolute Gasteiger partial charge is 0.416 e. The number of alkyl halides is 3. The van der Waals surface area contributed by atoms with E-state index in [0.717, 1.165) is 22.0 Å². The summed E-state index contributed by atoms with van der Waals surface area (Å²) in [4.78, 5) is 7.77. The van der Waals surface area contributed by atoms with Gasteiger partial charge in [0.15, 0.2) is 0 Å². The molecule has 1 aromatic heterocycles. The van der Waals surface area contributed by atoms with Crippen LogP contribution in [0.1, 0.15) is 11.4 Å². The van der Waals surface area contributed by atoms with Gasteiger partial charge in [0.25, 0.3) is 0 Å². The number of rotatable bonds is 6. The Morgan fingerprint density at radius 1 is 1.00 bits per heavy atom. The number of benzene rings is 3. The summed E-state index contributed by atoms with van der Waals surface area (Å²) >= 11 is 0. The largest absolute Gasteiger partial charge is 0.486 e. The van der Waals surface area contributed by atoms with Crippen molar-refractivity contribution in [2.45, 2.75) is 17.7 Å². The van der Waals surface area contributed by atoms with Crippen molar-refractivity contribution >= 4 is 21.1 Å². The number of hydrogen-bond acceptors (Lipinski definition) is 4. The zero-order valence-electron chi connectivity index (χ0n) is 17.7. The Kier molecular flexibility index (Phi) is 5.89. The third kappa shape index (κ3) is 4.71. The summed E-state index contributed by atoms with van der Waals surface area (Å²) in [5.41, 5.74) is 1.82. The van der Waals surface area contributed by atoms with E-state index in [4.69, 9.17) is 4.74 Å². The maximum absolute atomic E-state index is 12.7. The van der Waals surface area contributed by atoms with Crippen molar-refractivity contribution in [3.8, 4) is 16.9 Å². The third-order valence-corrected chi connectivity index (χ3v) is 6.92. The average Bonchev–Trinajstić information content (AvgIpc) is 3.19. The Balaban J connectivity index is 1.58. The SMILES string of the molecule is CN(C)S(=O)(=O)c1ccccc1-c1ccc2[nH]c(COc3ccc(C(F)(F)F)cc3)nc2c1. The number of fused-ring (bicyclic) bond motifs is 1. The highest BCUT2D eigenvalue weighted by Gasteiger charge is 2.30. The maximum atomic E-state index is 12.7. The number of sulfonamides is 1. The predicted molar refractivity (Wildman–Crippen MR) is 118 cm³/mol. The van der Waals surface area contributed by atoms with Gasteiger partial charge in [-0.1, -0.05) is 24.3 Å². The van der Waals surface area contributed by atoms with Gasteiger partial charge in [0.05, 0.1) is 21.5 Å². The molecule has 0 aliphatic carbocycles. The molecule has 4 aromatic rings. The van der Waals surface area contributed by atoms with Gasteiger partial charge in [-0.15, -0.1) is 0 Å². The quantitative estimate of drug-likeness (QED) is 0.422. The summed E-state index contributed by atoms with van der Waals surface area (Å²) in [6.45, 7) is 0.0287. The molecule has 3 aromatic carbocycles. The summed E-state index contributed by atoms with van der Waals surface area (Å²) < 4.78 is 70.2. The molecule has 0 saturated heterocycles. The molecule has 0 bridgehead atoms. The van der Waals surface area contributed by atoms with E-state index in [9.17, 15) is 21.6 Å². The Bertz CT molecular complexity index is 1400. The normalized spacial score (nSPS) is 12.4. The van der Waals surface area contributed by atoms with Crippen molar-refractivity contribution in [3.05, 3.63) is 78.1 Å². The van der Waals surface area contributed by atoms with Crippen LogP contribution < -0.4 is 4.74 Å².